The Labute approximate surface area is 77.9 Å². The summed E-state index contributed by atoms with van der Waals surface area (Å²) >= 11 is 0. The largest absolute Gasteiger partial charge is 0.336 e. The topological polar surface area (TPSA) is 54.5 Å². The Balaban J connectivity index is 4.51. The summed E-state index contributed by atoms with van der Waals surface area (Å²) in [6.45, 7) is 4.16. The van der Waals surface area contributed by atoms with Crippen molar-refractivity contribution in [3.8, 4) is 0 Å². The van der Waals surface area contributed by atoms with Gasteiger partial charge in [-0.2, -0.15) is 0 Å². The molecule has 0 rings (SSSR count). The standard InChI is InChI=1S/C9H15NO3/c1-6(11)5-9(7(2)12)10(4)8(3)13/h9H,5H2,1-4H3. The van der Waals surface area contributed by atoms with Crippen molar-refractivity contribution >= 4 is 17.5 Å². The van der Waals surface area contributed by atoms with Crippen LogP contribution < -0.4 is 0 Å². The van der Waals surface area contributed by atoms with E-state index in [1.807, 2.05) is 0 Å². The van der Waals surface area contributed by atoms with Crippen LogP contribution in [-0.4, -0.2) is 35.5 Å². The van der Waals surface area contributed by atoms with E-state index in [-0.39, 0.29) is 23.9 Å². The molecule has 0 heterocycles. The van der Waals surface area contributed by atoms with Crippen molar-refractivity contribution < 1.29 is 14.4 Å². The molecule has 0 aromatic heterocycles. The summed E-state index contributed by atoms with van der Waals surface area (Å²) in [6, 6.07) is -0.602. The molecule has 0 saturated carbocycles. The lowest BCUT2D eigenvalue weighted by Crippen LogP contribution is -2.41. The van der Waals surface area contributed by atoms with E-state index in [4.69, 9.17) is 0 Å². The molecular formula is C9H15NO3. The van der Waals surface area contributed by atoms with Crippen LogP contribution in [0.1, 0.15) is 27.2 Å². The fourth-order valence-corrected chi connectivity index (χ4v) is 1.05. The molecule has 0 spiro atoms. The Morgan fingerprint density at radius 3 is 1.85 bits per heavy atom. The Kier molecular flexibility index (Phi) is 4.31. The monoisotopic (exact) mass is 185 g/mol. The van der Waals surface area contributed by atoms with Crippen LogP contribution in [0.2, 0.25) is 0 Å². The number of nitrogens with zero attached hydrogens (tertiary/aromatic N) is 1. The van der Waals surface area contributed by atoms with E-state index in [2.05, 4.69) is 0 Å². The highest BCUT2D eigenvalue weighted by molar-refractivity contribution is 5.91. The van der Waals surface area contributed by atoms with E-state index >= 15 is 0 Å². The smallest absolute Gasteiger partial charge is 0.219 e. The van der Waals surface area contributed by atoms with E-state index in [1.165, 1.54) is 32.7 Å². The molecule has 0 aromatic carbocycles. The lowest BCUT2D eigenvalue weighted by molar-refractivity contribution is -0.137. The molecule has 0 radical (unpaired) electrons. The second-order valence-electron chi connectivity index (χ2n) is 3.16. The lowest BCUT2D eigenvalue weighted by atomic mass is 10.1. The molecule has 13 heavy (non-hydrogen) atoms. The number of amides is 1. The lowest BCUT2D eigenvalue weighted by Gasteiger charge is -2.23. The van der Waals surface area contributed by atoms with E-state index in [0.29, 0.717) is 0 Å². The van der Waals surface area contributed by atoms with E-state index in [9.17, 15) is 14.4 Å². The molecule has 4 nitrogen and oxygen atoms in total. The first-order valence-corrected chi connectivity index (χ1v) is 4.09. The minimum absolute atomic E-state index is 0.0895. The Bertz CT molecular complexity index is 235. The third kappa shape index (κ3) is 3.83. The maximum Gasteiger partial charge on any atom is 0.219 e. The molecule has 0 aliphatic rings. The summed E-state index contributed by atoms with van der Waals surface area (Å²) in [7, 11) is 1.53. The van der Waals surface area contributed by atoms with E-state index in [1.54, 1.807) is 0 Å². The maximum atomic E-state index is 11.1. The van der Waals surface area contributed by atoms with Crippen molar-refractivity contribution in [1.82, 2.24) is 4.90 Å². The van der Waals surface area contributed by atoms with Gasteiger partial charge >= 0.3 is 0 Å². The van der Waals surface area contributed by atoms with Crippen LogP contribution in [0.5, 0.6) is 0 Å². The minimum atomic E-state index is -0.602. The van der Waals surface area contributed by atoms with Crippen LogP contribution >= 0.6 is 0 Å². The van der Waals surface area contributed by atoms with Gasteiger partial charge in [-0.05, 0) is 13.8 Å². The van der Waals surface area contributed by atoms with Gasteiger partial charge in [0, 0.05) is 20.4 Å². The first kappa shape index (κ1) is 11.8. The molecule has 0 N–H and O–H groups in total. The van der Waals surface area contributed by atoms with Gasteiger partial charge in [-0.15, -0.1) is 0 Å². The first-order chi connectivity index (χ1) is 5.86. The van der Waals surface area contributed by atoms with Gasteiger partial charge in [0.15, 0.2) is 5.78 Å². The second-order valence-corrected chi connectivity index (χ2v) is 3.16. The van der Waals surface area contributed by atoms with Gasteiger partial charge in [0.25, 0.3) is 0 Å². The highest BCUT2D eigenvalue weighted by atomic mass is 16.2. The van der Waals surface area contributed by atoms with Crippen LogP contribution in [0.25, 0.3) is 0 Å². The molecular weight excluding hydrogens is 170 g/mol. The molecule has 1 unspecified atom stereocenters. The maximum absolute atomic E-state index is 11.1. The molecule has 0 aromatic rings. The van der Waals surface area contributed by atoms with Crippen LogP contribution in [0, 0.1) is 0 Å². The van der Waals surface area contributed by atoms with Gasteiger partial charge in [-0.3, -0.25) is 14.4 Å². The number of ketones is 2. The van der Waals surface area contributed by atoms with Crippen LogP contribution in [0.4, 0.5) is 0 Å². The summed E-state index contributed by atoms with van der Waals surface area (Å²) in [5.41, 5.74) is 0. The van der Waals surface area contributed by atoms with Gasteiger partial charge in [0.05, 0.1) is 6.04 Å². The summed E-state index contributed by atoms with van der Waals surface area (Å²) in [5.74, 6) is -0.456. The zero-order valence-corrected chi connectivity index (χ0v) is 8.46. The van der Waals surface area contributed by atoms with Gasteiger partial charge in [0.2, 0.25) is 5.91 Å². The summed E-state index contributed by atoms with van der Waals surface area (Å²) in [5, 5.41) is 0. The number of likely N-dealkylation sites (N-methyl/N-ethyl adjacent to an activating group) is 1. The van der Waals surface area contributed by atoms with Crippen molar-refractivity contribution in [2.24, 2.45) is 0 Å². The number of hydrogen-bond acceptors (Lipinski definition) is 3. The van der Waals surface area contributed by atoms with Crippen molar-refractivity contribution in [1.29, 1.82) is 0 Å². The summed E-state index contributed by atoms with van der Waals surface area (Å²) in [6.07, 6.45) is 0.103. The predicted octanol–water partition coefficient (Wildman–Crippen LogP) is 0.401. The Morgan fingerprint density at radius 1 is 1.15 bits per heavy atom. The molecule has 0 bridgehead atoms. The van der Waals surface area contributed by atoms with E-state index < -0.39 is 6.04 Å². The number of carbonyl (C=O) groups excluding carboxylic acids is 3. The summed E-state index contributed by atoms with van der Waals surface area (Å²) < 4.78 is 0. The van der Waals surface area contributed by atoms with Crippen molar-refractivity contribution in [3.05, 3.63) is 0 Å². The predicted molar refractivity (Wildman–Crippen MR) is 48.2 cm³/mol. The number of carbonyl (C=O) groups is 3. The quantitative estimate of drug-likeness (QED) is 0.637. The van der Waals surface area contributed by atoms with E-state index in [0.717, 1.165) is 0 Å². The Hall–Kier alpha value is -1.19. The summed E-state index contributed by atoms with van der Waals surface area (Å²) in [4.78, 5) is 34.1. The molecule has 1 atom stereocenters. The van der Waals surface area contributed by atoms with Crippen LogP contribution in [0.3, 0.4) is 0 Å². The average Bonchev–Trinajstić information content (AvgIpc) is 1.97. The van der Waals surface area contributed by atoms with Crippen LogP contribution in [0.15, 0.2) is 0 Å². The third-order valence-electron chi connectivity index (χ3n) is 1.91. The van der Waals surface area contributed by atoms with Gasteiger partial charge < -0.3 is 4.90 Å². The molecule has 74 valence electrons. The van der Waals surface area contributed by atoms with Crippen LogP contribution in [-0.2, 0) is 14.4 Å². The molecule has 0 aliphatic heterocycles. The molecule has 0 saturated heterocycles. The van der Waals surface area contributed by atoms with Gasteiger partial charge in [0.1, 0.15) is 5.78 Å². The highest BCUT2D eigenvalue weighted by Crippen LogP contribution is 2.04. The third-order valence-corrected chi connectivity index (χ3v) is 1.91. The van der Waals surface area contributed by atoms with Crippen molar-refractivity contribution in [2.75, 3.05) is 7.05 Å². The first-order valence-electron chi connectivity index (χ1n) is 4.09. The zero-order chi connectivity index (χ0) is 10.6. The van der Waals surface area contributed by atoms with Crippen molar-refractivity contribution in [2.45, 2.75) is 33.2 Å². The molecule has 1 amide bonds. The molecule has 0 fully saturated rings. The normalized spacial score (nSPS) is 12.0. The number of rotatable bonds is 4. The minimum Gasteiger partial charge on any atom is -0.336 e. The second kappa shape index (κ2) is 4.74. The fourth-order valence-electron chi connectivity index (χ4n) is 1.05. The SMILES string of the molecule is CC(=O)CC(C(C)=O)N(C)C(C)=O. The Morgan fingerprint density at radius 2 is 1.62 bits per heavy atom. The molecule has 4 heteroatoms. The fraction of sp³-hybridized carbons (Fsp3) is 0.667. The molecule has 0 aliphatic carbocycles. The van der Waals surface area contributed by atoms with Crippen molar-refractivity contribution in [3.63, 3.8) is 0 Å². The van der Waals surface area contributed by atoms with Gasteiger partial charge in [-0.1, -0.05) is 0 Å². The highest BCUT2D eigenvalue weighted by Gasteiger charge is 2.22. The van der Waals surface area contributed by atoms with Gasteiger partial charge in [-0.25, -0.2) is 0 Å². The number of Topliss-reactive ketones (excluding diaryl/α,β-unsaturated/α-hetero) is 2. The average molecular weight is 185 g/mol. The zero-order valence-electron chi connectivity index (χ0n) is 8.46. The number of hydrogen-bond donors (Lipinski definition) is 0.